The van der Waals surface area contributed by atoms with Crippen LogP contribution in [0.3, 0.4) is 0 Å². The number of aromatic nitrogens is 1. The molecule has 104 valence electrons. The zero-order chi connectivity index (χ0) is 14.4. The molecule has 0 unspecified atom stereocenters. The first kappa shape index (κ1) is 13.9. The Morgan fingerprint density at radius 2 is 2.10 bits per heavy atom. The second kappa shape index (κ2) is 6.56. The van der Waals surface area contributed by atoms with Gasteiger partial charge >= 0.3 is 0 Å². The van der Waals surface area contributed by atoms with Gasteiger partial charge in [-0.1, -0.05) is 18.2 Å². The second-order valence-electron chi connectivity index (χ2n) is 4.37. The van der Waals surface area contributed by atoms with Crippen molar-refractivity contribution in [3.63, 3.8) is 0 Å². The van der Waals surface area contributed by atoms with Gasteiger partial charge in [0.05, 0.1) is 6.54 Å². The molecule has 0 bridgehead atoms. The summed E-state index contributed by atoms with van der Waals surface area (Å²) in [7, 11) is 0. The third-order valence-electron chi connectivity index (χ3n) is 2.65. The highest BCUT2D eigenvalue weighted by Gasteiger charge is 2.06. The lowest BCUT2D eigenvalue weighted by atomic mass is 10.2. The molecule has 1 aromatic carbocycles. The lowest BCUT2D eigenvalue weighted by Crippen LogP contribution is -2.28. The van der Waals surface area contributed by atoms with Crippen LogP contribution >= 0.6 is 0 Å². The molecule has 0 radical (unpaired) electrons. The number of benzene rings is 1. The van der Waals surface area contributed by atoms with Crippen molar-refractivity contribution in [1.82, 2.24) is 10.3 Å². The summed E-state index contributed by atoms with van der Waals surface area (Å²) in [6.07, 6.45) is 0. The van der Waals surface area contributed by atoms with Crippen molar-refractivity contribution in [3.8, 4) is 5.75 Å². The summed E-state index contributed by atoms with van der Waals surface area (Å²) in [5, 5.41) is 2.73. The molecule has 2 rings (SSSR count). The third-order valence-corrected chi connectivity index (χ3v) is 2.65. The quantitative estimate of drug-likeness (QED) is 0.813. The Hall–Kier alpha value is -2.56. The van der Waals surface area contributed by atoms with Gasteiger partial charge in [-0.15, -0.1) is 0 Å². The molecule has 0 atom stereocenters. The standard InChI is InChI=1S/C15H17N3O2/c1-11-4-2-5-12(10-11)20-9-8-17-15(19)13-6-3-7-14(16)18-13/h2-7,10H,8-9H2,1H3,(H2,16,18)(H,17,19). The van der Waals surface area contributed by atoms with E-state index in [1.54, 1.807) is 18.2 Å². The highest BCUT2D eigenvalue weighted by atomic mass is 16.5. The number of rotatable bonds is 5. The smallest absolute Gasteiger partial charge is 0.270 e. The van der Waals surface area contributed by atoms with Crippen molar-refractivity contribution in [2.45, 2.75) is 6.92 Å². The van der Waals surface area contributed by atoms with Gasteiger partial charge in [-0.05, 0) is 36.8 Å². The Morgan fingerprint density at radius 1 is 1.30 bits per heavy atom. The van der Waals surface area contributed by atoms with Crippen LogP contribution in [-0.2, 0) is 0 Å². The number of aryl methyl sites for hydroxylation is 1. The van der Waals surface area contributed by atoms with Crippen LogP contribution in [-0.4, -0.2) is 24.0 Å². The maximum Gasteiger partial charge on any atom is 0.270 e. The Balaban J connectivity index is 1.77. The van der Waals surface area contributed by atoms with E-state index in [0.29, 0.717) is 24.7 Å². The molecule has 0 saturated heterocycles. The molecule has 5 nitrogen and oxygen atoms in total. The summed E-state index contributed by atoms with van der Waals surface area (Å²) >= 11 is 0. The maximum absolute atomic E-state index is 11.8. The summed E-state index contributed by atoms with van der Waals surface area (Å²) < 4.78 is 5.54. The molecule has 20 heavy (non-hydrogen) atoms. The zero-order valence-electron chi connectivity index (χ0n) is 11.3. The number of hydrogen-bond donors (Lipinski definition) is 2. The van der Waals surface area contributed by atoms with Gasteiger partial charge in [-0.2, -0.15) is 0 Å². The van der Waals surface area contributed by atoms with Crippen LogP contribution in [0.4, 0.5) is 5.82 Å². The second-order valence-corrected chi connectivity index (χ2v) is 4.37. The predicted octanol–water partition coefficient (Wildman–Crippen LogP) is 1.78. The first-order chi connectivity index (χ1) is 9.65. The minimum absolute atomic E-state index is 0.259. The van der Waals surface area contributed by atoms with Gasteiger partial charge in [0.1, 0.15) is 23.9 Å². The minimum atomic E-state index is -0.259. The van der Waals surface area contributed by atoms with Crippen LogP contribution in [0.15, 0.2) is 42.5 Å². The number of nitrogens with two attached hydrogens (primary N) is 1. The van der Waals surface area contributed by atoms with E-state index in [-0.39, 0.29) is 5.91 Å². The van der Waals surface area contributed by atoms with Gasteiger partial charge in [-0.25, -0.2) is 4.98 Å². The topological polar surface area (TPSA) is 77.2 Å². The largest absolute Gasteiger partial charge is 0.492 e. The Bertz CT molecular complexity index is 599. The first-order valence-electron chi connectivity index (χ1n) is 6.35. The van der Waals surface area contributed by atoms with Crippen LogP contribution in [0, 0.1) is 6.92 Å². The predicted molar refractivity (Wildman–Crippen MR) is 77.7 cm³/mol. The molecule has 0 aliphatic carbocycles. The normalized spacial score (nSPS) is 10.1. The van der Waals surface area contributed by atoms with Crippen molar-refractivity contribution >= 4 is 11.7 Å². The monoisotopic (exact) mass is 271 g/mol. The Labute approximate surface area is 117 Å². The zero-order valence-corrected chi connectivity index (χ0v) is 11.3. The lowest BCUT2D eigenvalue weighted by molar-refractivity contribution is 0.0942. The van der Waals surface area contributed by atoms with E-state index in [1.807, 2.05) is 31.2 Å². The summed E-state index contributed by atoms with van der Waals surface area (Å²) in [5.74, 6) is 0.861. The van der Waals surface area contributed by atoms with Crippen molar-refractivity contribution < 1.29 is 9.53 Å². The van der Waals surface area contributed by atoms with Gasteiger partial charge < -0.3 is 15.8 Å². The number of anilines is 1. The molecule has 0 spiro atoms. The molecule has 1 amide bonds. The van der Waals surface area contributed by atoms with Crippen LogP contribution in [0.5, 0.6) is 5.75 Å². The highest BCUT2D eigenvalue weighted by molar-refractivity contribution is 5.92. The molecule has 0 aliphatic rings. The van der Waals surface area contributed by atoms with E-state index in [9.17, 15) is 4.79 Å². The number of pyridine rings is 1. The molecule has 0 saturated carbocycles. The summed E-state index contributed by atoms with van der Waals surface area (Å²) in [5.41, 5.74) is 6.97. The van der Waals surface area contributed by atoms with Crippen LogP contribution in [0.2, 0.25) is 0 Å². The highest BCUT2D eigenvalue weighted by Crippen LogP contribution is 2.11. The van der Waals surface area contributed by atoms with E-state index >= 15 is 0 Å². The van der Waals surface area contributed by atoms with E-state index in [0.717, 1.165) is 11.3 Å². The average Bonchev–Trinajstić information content (AvgIpc) is 2.43. The molecular weight excluding hydrogens is 254 g/mol. The van der Waals surface area contributed by atoms with E-state index in [2.05, 4.69) is 10.3 Å². The number of ether oxygens (including phenoxy) is 1. The van der Waals surface area contributed by atoms with Gasteiger partial charge in [0.2, 0.25) is 0 Å². The van der Waals surface area contributed by atoms with Crippen LogP contribution in [0.1, 0.15) is 16.1 Å². The maximum atomic E-state index is 11.8. The molecule has 0 fully saturated rings. The van der Waals surface area contributed by atoms with Crippen molar-refractivity contribution in [1.29, 1.82) is 0 Å². The van der Waals surface area contributed by atoms with Gasteiger partial charge in [0, 0.05) is 0 Å². The minimum Gasteiger partial charge on any atom is -0.492 e. The summed E-state index contributed by atoms with van der Waals surface area (Å²) in [6, 6.07) is 12.7. The van der Waals surface area contributed by atoms with Gasteiger partial charge in [0.25, 0.3) is 5.91 Å². The molecular formula is C15H17N3O2. The van der Waals surface area contributed by atoms with Gasteiger partial charge in [-0.3, -0.25) is 4.79 Å². The van der Waals surface area contributed by atoms with Crippen LogP contribution < -0.4 is 15.8 Å². The summed E-state index contributed by atoms with van der Waals surface area (Å²) in [4.78, 5) is 15.7. The molecule has 5 heteroatoms. The lowest BCUT2D eigenvalue weighted by Gasteiger charge is -2.08. The fraction of sp³-hybridized carbons (Fsp3) is 0.200. The number of nitrogens with zero attached hydrogens (tertiary/aromatic N) is 1. The molecule has 1 aromatic heterocycles. The fourth-order valence-electron chi connectivity index (χ4n) is 1.71. The van der Waals surface area contributed by atoms with Crippen molar-refractivity contribution in [3.05, 3.63) is 53.7 Å². The van der Waals surface area contributed by atoms with E-state index in [1.165, 1.54) is 0 Å². The molecule has 3 N–H and O–H groups in total. The number of nitrogens with one attached hydrogen (secondary N) is 1. The SMILES string of the molecule is Cc1cccc(OCCNC(=O)c2cccc(N)n2)c1. The Kier molecular flexibility index (Phi) is 4.55. The number of nitrogen functional groups attached to an aromatic ring is 1. The van der Waals surface area contributed by atoms with Crippen molar-refractivity contribution in [2.24, 2.45) is 0 Å². The first-order valence-corrected chi connectivity index (χ1v) is 6.35. The number of carbonyl (C=O) groups excluding carboxylic acids is 1. The van der Waals surface area contributed by atoms with E-state index in [4.69, 9.17) is 10.5 Å². The number of hydrogen-bond acceptors (Lipinski definition) is 4. The third kappa shape index (κ3) is 3.98. The average molecular weight is 271 g/mol. The van der Waals surface area contributed by atoms with E-state index < -0.39 is 0 Å². The Morgan fingerprint density at radius 3 is 2.85 bits per heavy atom. The van der Waals surface area contributed by atoms with Crippen molar-refractivity contribution in [2.75, 3.05) is 18.9 Å². The van der Waals surface area contributed by atoms with Crippen LogP contribution in [0.25, 0.3) is 0 Å². The van der Waals surface area contributed by atoms with Gasteiger partial charge in [0.15, 0.2) is 0 Å². The molecule has 1 heterocycles. The molecule has 2 aromatic rings. The number of amides is 1. The summed E-state index contributed by atoms with van der Waals surface area (Å²) in [6.45, 7) is 2.81. The number of carbonyl (C=O) groups is 1. The fourth-order valence-corrected chi connectivity index (χ4v) is 1.71. The molecule has 0 aliphatic heterocycles.